The van der Waals surface area contributed by atoms with Crippen LogP contribution >= 0.6 is 34.8 Å². The quantitative estimate of drug-likeness (QED) is 0.666. The first kappa shape index (κ1) is 8.77. The Morgan fingerprint density at radius 2 is 2.09 bits per heavy atom. The predicted molar refractivity (Wildman–Crippen MR) is 40.7 cm³/mol. The molecule has 60 valence electrons. The van der Waals surface area contributed by atoms with Gasteiger partial charge in [-0.3, -0.25) is 0 Å². The lowest BCUT2D eigenvalue weighted by Crippen LogP contribution is -2.13. The van der Waals surface area contributed by atoms with Crippen molar-refractivity contribution >= 4 is 34.8 Å². The van der Waals surface area contributed by atoms with E-state index in [2.05, 4.69) is 20.1 Å². The molecular formula is C4H2Cl3N3O. The third kappa shape index (κ3) is 3.55. The van der Waals surface area contributed by atoms with E-state index in [1.165, 1.54) is 12.3 Å². The molecule has 0 radical (unpaired) electrons. The number of aromatic nitrogens is 3. The third-order valence-electron chi connectivity index (χ3n) is 0.699. The zero-order valence-corrected chi connectivity index (χ0v) is 7.31. The fourth-order valence-electron chi connectivity index (χ4n) is 0.403. The molecule has 0 amide bonds. The third-order valence-corrected chi connectivity index (χ3v) is 0.930. The Kier molecular flexibility index (Phi) is 2.70. The van der Waals surface area contributed by atoms with Crippen molar-refractivity contribution in [1.82, 2.24) is 15.4 Å². The van der Waals surface area contributed by atoms with E-state index in [-0.39, 0.29) is 5.88 Å². The minimum Gasteiger partial charge on any atom is -0.426 e. The summed E-state index contributed by atoms with van der Waals surface area (Å²) < 4.78 is 2.87. The second-order valence-electron chi connectivity index (χ2n) is 1.51. The molecule has 0 aromatic carbocycles. The highest BCUT2D eigenvalue weighted by atomic mass is 35.6. The maximum absolute atomic E-state index is 5.29. The van der Waals surface area contributed by atoms with Gasteiger partial charge in [-0.1, -0.05) is 5.10 Å². The van der Waals surface area contributed by atoms with E-state index in [1.807, 2.05) is 0 Å². The summed E-state index contributed by atoms with van der Waals surface area (Å²) in [7, 11) is 0. The second-order valence-corrected chi connectivity index (χ2v) is 3.68. The van der Waals surface area contributed by atoms with Crippen molar-refractivity contribution in [3.05, 3.63) is 12.3 Å². The fourth-order valence-corrected chi connectivity index (χ4v) is 0.640. The van der Waals surface area contributed by atoms with Gasteiger partial charge in [-0.15, -0.1) is 5.10 Å². The van der Waals surface area contributed by atoms with Crippen LogP contribution in [0.5, 0.6) is 5.88 Å². The van der Waals surface area contributed by atoms with Gasteiger partial charge >= 0.3 is 3.98 Å². The van der Waals surface area contributed by atoms with Gasteiger partial charge in [-0.2, -0.15) is 0 Å². The van der Waals surface area contributed by atoms with Crippen LogP contribution in [0.15, 0.2) is 12.3 Å². The SMILES string of the molecule is ClC(Cl)(Cl)Oc1ccnnn1. The van der Waals surface area contributed by atoms with Gasteiger partial charge in [-0.25, -0.2) is 0 Å². The van der Waals surface area contributed by atoms with Gasteiger partial charge in [0.25, 0.3) is 0 Å². The number of hydrogen-bond donors (Lipinski definition) is 0. The molecule has 1 heterocycles. The summed E-state index contributed by atoms with van der Waals surface area (Å²) in [4.78, 5) is 0. The standard InChI is InChI=1S/C4H2Cl3N3O/c5-4(6,7)11-3-1-2-8-10-9-3/h1-2H. The molecule has 1 aromatic rings. The smallest absolute Gasteiger partial charge is 0.339 e. The maximum atomic E-state index is 5.29. The summed E-state index contributed by atoms with van der Waals surface area (Å²) in [5.41, 5.74) is 0. The van der Waals surface area contributed by atoms with E-state index in [1.54, 1.807) is 0 Å². The highest BCUT2D eigenvalue weighted by molar-refractivity contribution is 6.66. The van der Waals surface area contributed by atoms with Crippen LogP contribution in [0, 0.1) is 0 Å². The van der Waals surface area contributed by atoms with Crippen molar-refractivity contribution in [2.75, 3.05) is 0 Å². The zero-order valence-electron chi connectivity index (χ0n) is 5.04. The minimum absolute atomic E-state index is 0.111. The monoisotopic (exact) mass is 213 g/mol. The van der Waals surface area contributed by atoms with Crippen molar-refractivity contribution < 1.29 is 4.74 Å². The second kappa shape index (κ2) is 3.38. The summed E-state index contributed by atoms with van der Waals surface area (Å²) >= 11 is 15.9. The molecule has 0 saturated heterocycles. The molecule has 0 aliphatic carbocycles. The molecule has 0 aliphatic rings. The Bertz CT molecular complexity index is 224. The summed E-state index contributed by atoms with van der Waals surface area (Å²) in [6.07, 6.45) is 1.37. The van der Waals surface area contributed by atoms with E-state index < -0.39 is 3.98 Å². The molecule has 0 spiro atoms. The Balaban J connectivity index is 2.66. The van der Waals surface area contributed by atoms with Gasteiger partial charge < -0.3 is 4.74 Å². The Morgan fingerprint density at radius 1 is 1.36 bits per heavy atom. The first-order valence-corrected chi connectivity index (χ1v) is 3.61. The van der Waals surface area contributed by atoms with Crippen LogP contribution in [0.3, 0.4) is 0 Å². The summed E-state index contributed by atoms with van der Waals surface area (Å²) in [5.74, 6) is 0.111. The lowest BCUT2D eigenvalue weighted by molar-refractivity contribution is 0.301. The summed E-state index contributed by atoms with van der Waals surface area (Å²) in [5, 5.41) is 10.1. The van der Waals surface area contributed by atoms with E-state index in [0.717, 1.165) is 0 Å². The first-order chi connectivity index (χ1) is 5.08. The van der Waals surface area contributed by atoms with Gasteiger partial charge in [0.1, 0.15) is 0 Å². The number of hydrogen-bond acceptors (Lipinski definition) is 4. The van der Waals surface area contributed by atoms with Crippen molar-refractivity contribution in [2.24, 2.45) is 0 Å². The molecule has 0 saturated carbocycles. The maximum Gasteiger partial charge on any atom is 0.339 e. The molecule has 1 aromatic heterocycles. The van der Waals surface area contributed by atoms with E-state index in [4.69, 9.17) is 34.8 Å². The lowest BCUT2D eigenvalue weighted by Gasteiger charge is -2.10. The van der Waals surface area contributed by atoms with Crippen LogP contribution in [-0.4, -0.2) is 19.4 Å². The fraction of sp³-hybridized carbons (Fsp3) is 0.250. The van der Waals surface area contributed by atoms with Crippen molar-refractivity contribution in [2.45, 2.75) is 3.98 Å². The van der Waals surface area contributed by atoms with Gasteiger partial charge in [0, 0.05) is 6.07 Å². The molecule has 4 nitrogen and oxygen atoms in total. The Labute approximate surface area is 77.4 Å². The predicted octanol–water partition coefficient (Wildman–Crippen LogP) is 1.58. The van der Waals surface area contributed by atoms with Crippen molar-refractivity contribution in [1.29, 1.82) is 0 Å². The van der Waals surface area contributed by atoms with Gasteiger partial charge in [0.2, 0.25) is 5.88 Å². The first-order valence-electron chi connectivity index (χ1n) is 2.48. The Morgan fingerprint density at radius 3 is 2.55 bits per heavy atom. The van der Waals surface area contributed by atoms with Gasteiger partial charge in [0.15, 0.2) is 0 Å². The van der Waals surface area contributed by atoms with Crippen LogP contribution in [0.25, 0.3) is 0 Å². The minimum atomic E-state index is -1.81. The van der Waals surface area contributed by atoms with Crippen molar-refractivity contribution in [3.8, 4) is 5.88 Å². The molecule has 0 N–H and O–H groups in total. The number of alkyl halides is 3. The van der Waals surface area contributed by atoms with Crippen LogP contribution in [0.1, 0.15) is 0 Å². The van der Waals surface area contributed by atoms with E-state index in [9.17, 15) is 0 Å². The molecule has 0 aliphatic heterocycles. The van der Waals surface area contributed by atoms with Crippen LogP contribution < -0.4 is 4.74 Å². The normalized spacial score (nSPS) is 11.2. The van der Waals surface area contributed by atoms with Crippen molar-refractivity contribution in [3.63, 3.8) is 0 Å². The molecule has 0 bridgehead atoms. The number of nitrogens with zero attached hydrogens (tertiary/aromatic N) is 3. The van der Waals surface area contributed by atoms with Gasteiger partial charge in [-0.05, 0) is 40.0 Å². The number of halogens is 3. The number of rotatable bonds is 1. The van der Waals surface area contributed by atoms with E-state index >= 15 is 0 Å². The van der Waals surface area contributed by atoms with Crippen LogP contribution in [0.2, 0.25) is 0 Å². The average Bonchev–Trinajstić information content (AvgIpc) is 1.85. The van der Waals surface area contributed by atoms with Crippen LogP contribution in [-0.2, 0) is 0 Å². The highest BCUT2D eigenvalue weighted by Gasteiger charge is 2.22. The average molecular weight is 214 g/mol. The van der Waals surface area contributed by atoms with Gasteiger partial charge in [0.05, 0.1) is 6.20 Å². The van der Waals surface area contributed by atoms with E-state index in [0.29, 0.717) is 0 Å². The molecule has 0 unspecified atom stereocenters. The highest BCUT2D eigenvalue weighted by Crippen LogP contribution is 2.27. The molecule has 0 atom stereocenters. The van der Waals surface area contributed by atoms with Crippen LogP contribution in [0.4, 0.5) is 0 Å². The largest absolute Gasteiger partial charge is 0.426 e. The molecule has 7 heteroatoms. The Hall–Kier alpha value is -0.320. The summed E-state index contributed by atoms with van der Waals surface area (Å²) in [6, 6.07) is 1.43. The topological polar surface area (TPSA) is 47.9 Å². The zero-order chi connectivity index (χ0) is 8.32. The lowest BCUT2D eigenvalue weighted by atomic mass is 10.7. The summed E-state index contributed by atoms with van der Waals surface area (Å²) in [6.45, 7) is 0. The molecule has 1 rings (SSSR count). The molecule has 11 heavy (non-hydrogen) atoms. The molecular weight excluding hydrogens is 212 g/mol. The number of ether oxygens (including phenoxy) is 1. The molecule has 0 fully saturated rings.